The van der Waals surface area contributed by atoms with Crippen LogP contribution in [0.1, 0.15) is 30.7 Å². The lowest BCUT2D eigenvalue weighted by Gasteiger charge is -2.12. The van der Waals surface area contributed by atoms with Crippen molar-refractivity contribution in [1.82, 2.24) is 20.0 Å². The minimum Gasteiger partial charge on any atom is -0.382 e. The molecule has 2 aromatic rings. The molecule has 1 N–H and O–H groups in total. The molecule has 5 heteroatoms. The molecule has 2 rings (SSSR count). The molecule has 0 saturated heterocycles. The van der Waals surface area contributed by atoms with Crippen LogP contribution in [0.5, 0.6) is 0 Å². The fraction of sp³-hybridized carbons (Fsp3) is 0.364. The van der Waals surface area contributed by atoms with Gasteiger partial charge >= 0.3 is 0 Å². The highest BCUT2D eigenvalue weighted by atomic mass is 16.3. The van der Waals surface area contributed by atoms with Gasteiger partial charge in [-0.05, 0) is 18.6 Å². The first-order valence-electron chi connectivity index (χ1n) is 5.29. The molecule has 84 valence electrons. The van der Waals surface area contributed by atoms with E-state index in [2.05, 4.69) is 22.2 Å². The monoisotopic (exact) mass is 218 g/mol. The quantitative estimate of drug-likeness (QED) is 0.836. The summed E-state index contributed by atoms with van der Waals surface area (Å²) in [6.45, 7) is 2.88. The van der Waals surface area contributed by atoms with Gasteiger partial charge in [-0.3, -0.25) is 4.68 Å². The standard InChI is InChI=1S/C11H14N4O/c1-2-7-15-10(4-6-14-15)11(16)9-3-5-12-13-8-9/h3-6,8,11,16H,2,7H2,1H3. The highest BCUT2D eigenvalue weighted by Gasteiger charge is 2.14. The third-order valence-corrected chi connectivity index (χ3v) is 2.39. The van der Waals surface area contributed by atoms with Crippen LogP contribution in [0.2, 0.25) is 0 Å². The molecule has 0 amide bonds. The van der Waals surface area contributed by atoms with Crippen molar-refractivity contribution in [1.29, 1.82) is 0 Å². The molecule has 0 aliphatic carbocycles. The van der Waals surface area contributed by atoms with Crippen LogP contribution in [0.3, 0.4) is 0 Å². The molecule has 0 radical (unpaired) electrons. The summed E-state index contributed by atoms with van der Waals surface area (Å²) in [4.78, 5) is 0. The molecular formula is C11H14N4O. The van der Waals surface area contributed by atoms with Gasteiger partial charge in [0.2, 0.25) is 0 Å². The first kappa shape index (κ1) is 10.8. The van der Waals surface area contributed by atoms with Crippen molar-refractivity contribution >= 4 is 0 Å². The summed E-state index contributed by atoms with van der Waals surface area (Å²) in [7, 11) is 0. The molecule has 0 saturated carbocycles. The summed E-state index contributed by atoms with van der Waals surface area (Å²) >= 11 is 0. The molecule has 0 fully saturated rings. The number of aliphatic hydroxyl groups excluding tert-OH is 1. The van der Waals surface area contributed by atoms with E-state index < -0.39 is 6.10 Å². The summed E-state index contributed by atoms with van der Waals surface area (Å²) in [5.41, 5.74) is 1.52. The van der Waals surface area contributed by atoms with Gasteiger partial charge in [0.15, 0.2) is 0 Å². The second-order valence-electron chi connectivity index (χ2n) is 3.56. The Morgan fingerprint density at radius 3 is 2.88 bits per heavy atom. The Morgan fingerprint density at radius 1 is 1.31 bits per heavy atom. The molecule has 0 bridgehead atoms. The maximum atomic E-state index is 10.2. The molecule has 0 aliphatic heterocycles. The molecule has 0 spiro atoms. The minimum absolute atomic E-state index is 0.690. The minimum atomic E-state index is -0.690. The third-order valence-electron chi connectivity index (χ3n) is 2.39. The lowest BCUT2D eigenvalue weighted by atomic mass is 10.1. The zero-order chi connectivity index (χ0) is 11.4. The van der Waals surface area contributed by atoms with E-state index in [0.717, 1.165) is 24.2 Å². The molecule has 0 aliphatic rings. The van der Waals surface area contributed by atoms with E-state index in [0.29, 0.717) is 0 Å². The van der Waals surface area contributed by atoms with Crippen molar-refractivity contribution in [2.24, 2.45) is 0 Å². The third kappa shape index (κ3) is 2.09. The average Bonchev–Trinajstić information content (AvgIpc) is 2.78. The number of hydrogen-bond donors (Lipinski definition) is 1. The first-order chi connectivity index (χ1) is 7.83. The van der Waals surface area contributed by atoms with Gasteiger partial charge in [0.05, 0.1) is 11.9 Å². The van der Waals surface area contributed by atoms with Gasteiger partial charge < -0.3 is 5.11 Å². The van der Waals surface area contributed by atoms with E-state index in [1.165, 1.54) is 0 Å². The van der Waals surface area contributed by atoms with E-state index in [4.69, 9.17) is 0 Å². The molecule has 16 heavy (non-hydrogen) atoms. The number of rotatable bonds is 4. The van der Waals surface area contributed by atoms with E-state index in [1.807, 2.05) is 10.7 Å². The molecule has 5 nitrogen and oxygen atoms in total. The Hall–Kier alpha value is -1.75. The maximum Gasteiger partial charge on any atom is 0.122 e. The second kappa shape index (κ2) is 4.85. The highest BCUT2D eigenvalue weighted by molar-refractivity contribution is 5.21. The fourth-order valence-electron chi connectivity index (χ4n) is 1.61. The zero-order valence-corrected chi connectivity index (χ0v) is 9.11. The maximum absolute atomic E-state index is 10.2. The smallest absolute Gasteiger partial charge is 0.122 e. The van der Waals surface area contributed by atoms with Crippen molar-refractivity contribution in [2.75, 3.05) is 0 Å². The molecule has 2 aromatic heterocycles. The summed E-state index contributed by atoms with van der Waals surface area (Å²) in [6.07, 6.45) is 5.12. The molecule has 1 unspecified atom stereocenters. The molecule has 2 heterocycles. The Bertz CT molecular complexity index is 440. The number of aromatic nitrogens is 4. The Balaban J connectivity index is 2.27. The molecule has 1 atom stereocenters. The van der Waals surface area contributed by atoms with Crippen molar-refractivity contribution in [3.63, 3.8) is 0 Å². The van der Waals surface area contributed by atoms with Crippen LogP contribution >= 0.6 is 0 Å². The van der Waals surface area contributed by atoms with Crippen LogP contribution in [0.4, 0.5) is 0 Å². The van der Waals surface area contributed by atoms with Crippen LogP contribution in [0.15, 0.2) is 30.7 Å². The van der Waals surface area contributed by atoms with Crippen molar-refractivity contribution in [3.8, 4) is 0 Å². The van der Waals surface area contributed by atoms with Crippen molar-refractivity contribution in [3.05, 3.63) is 42.0 Å². The Morgan fingerprint density at radius 2 is 2.19 bits per heavy atom. The summed E-state index contributed by atoms with van der Waals surface area (Å²) in [6, 6.07) is 3.57. The predicted octanol–water partition coefficient (Wildman–Crippen LogP) is 1.16. The van der Waals surface area contributed by atoms with Crippen LogP contribution in [-0.4, -0.2) is 25.1 Å². The second-order valence-corrected chi connectivity index (χ2v) is 3.56. The normalized spacial score (nSPS) is 12.6. The number of aryl methyl sites for hydroxylation is 1. The Labute approximate surface area is 93.8 Å². The van der Waals surface area contributed by atoms with Crippen LogP contribution < -0.4 is 0 Å². The number of aliphatic hydroxyl groups is 1. The fourth-order valence-corrected chi connectivity index (χ4v) is 1.61. The van der Waals surface area contributed by atoms with Crippen molar-refractivity contribution < 1.29 is 5.11 Å². The van der Waals surface area contributed by atoms with Crippen LogP contribution in [-0.2, 0) is 6.54 Å². The van der Waals surface area contributed by atoms with Gasteiger partial charge in [0.25, 0.3) is 0 Å². The summed E-state index contributed by atoms with van der Waals surface area (Å²) in [5.74, 6) is 0. The summed E-state index contributed by atoms with van der Waals surface area (Å²) < 4.78 is 1.81. The van der Waals surface area contributed by atoms with Gasteiger partial charge in [-0.2, -0.15) is 15.3 Å². The number of nitrogens with zero attached hydrogens (tertiary/aromatic N) is 4. The van der Waals surface area contributed by atoms with Gasteiger partial charge in [0.1, 0.15) is 6.10 Å². The lowest BCUT2D eigenvalue weighted by molar-refractivity contribution is 0.206. The SMILES string of the molecule is CCCn1nccc1C(O)c1ccnnc1. The molecule has 0 aromatic carbocycles. The average molecular weight is 218 g/mol. The zero-order valence-electron chi connectivity index (χ0n) is 9.11. The van der Waals surface area contributed by atoms with Crippen LogP contribution in [0.25, 0.3) is 0 Å². The van der Waals surface area contributed by atoms with Gasteiger partial charge in [-0.1, -0.05) is 6.92 Å². The van der Waals surface area contributed by atoms with Gasteiger partial charge in [-0.15, -0.1) is 0 Å². The first-order valence-corrected chi connectivity index (χ1v) is 5.29. The van der Waals surface area contributed by atoms with E-state index in [1.54, 1.807) is 24.7 Å². The van der Waals surface area contributed by atoms with E-state index >= 15 is 0 Å². The largest absolute Gasteiger partial charge is 0.382 e. The van der Waals surface area contributed by atoms with Gasteiger partial charge in [-0.25, -0.2) is 0 Å². The molecular weight excluding hydrogens is 204 g/mol. The van der Waals surface area contributed by atoms with Crippen molar-refractivity contribution in [2.45, 2.75) is 26.0 Å². The number of hydrogen-bond acceptors (Lipinski definition) is 4. The topological polar surface area (TPSA) is 63.8 Å². The Kier molecular flexibility index (Phi) is 3.26. The predicted molar refractivity (Wildman–Crippen MR) is 58.6 cm³/mol. The highest BCUT2D eigenvalue weighted by Crippen LogP contribution is 2.20. The van der Waals surface area contributed by atoms with E-state index in [9.17, 15) is 5.11 Å². The summed E-state index contributed by atoms with van der Waals surface area (Å²) in [5, 5.41) is 21.8. The lowest BCUT2D eigenvalue weighted by Crippen LogP contribution is -2.10. The van der Waals surface area contributed by atoms with E-state index in [-0.39, 0.29) is 0 Å². The van der Waals surface area contributed by atoms with Crippen LogP contribution in [0, 0.1) is 0 Å². The van der Waals surface area contributed by atoms with Gasteiger partial charge in [0, 0.05) is 24.5 Å².